The minimum atomic E-state index is -0.157. The zero-order valence-electron chi connectivity index (χ0n) is 19.1. The van der Waals surface area contributed by atoms with Gasteiger partial charge in [0.2, 0.25) is 11.8 Å². The molecule has 9 nitrogen and oxygen atoms in total. The summed E-state index contributed by atoms with van der Waals surface area (Å²) in [7, 11) is 1.53. The van der Waals surface area contributed by atoms with Crippen molar-refractivity contribution in [2.45, 2.75) is 38.6 Å². The number of methoxy groups -OCH3 is 1. The fraction of sp³-hybridized carbons (Fsp3) is 0.417. The molecule has 1 amide bonds. The van der Waals surface area contributed by atoms with Gasteiger partial charge in [-0.25, -0.2) is 9.97 Å². The monoisotopic (exact) mass is 450 g/mol. The van der Waals surface area contributed by atoms with Gasteiger partial charge < -0.3 is 20.1 Å². The highest BCUT2D eigenvalue weighted by Crippen LogP contribution is 2.31. The standard InChI is InChI=1S/C24H30N6O3/c1-17-6-3-4-12-29(17)13-5-10-26-23(31)19-7-8-21(27-15-19)30-24(32)20(16-28-30)18-9-11-25-22(14-18)33-2/h7-9,11,14-17,32H,3-6,10,12-13H2,1-2H3,(H,26,31). The Morgan fingerprint density at radius 2 is 2.12 bits per heavy atom. The van der Waals surface area contributed by atoms with Crippen molar-refractivity contribution in [3.05, 3.63) is 48.4 Å². The molecule has 2 N–H and O–H groups in total. The van der Waals surface area contributed by atoms with E-state index in [9.17, 15) is 9.90 Å². The van der Waals surface area contributed by atoms with Crippen molar-refractivity contribution in [1.82, 2.24) is 30.0 Å². The molecule has 1 aliphatic heterocycles. The number of pyridine rings is 2. The number of hydrogen-bond acceptors (Lipinski definition) is 7. The first-order valence-corrected chi connectivity index (χ1v) is 11.3. The minimum absolute atomic E-state index is 0.0557. The fourth-order valence-electron chi connectivity index (χ4n) is 4.12. The summed E-state index contributed by atoms with van der Waals surface area (Å²) in [4.78, 5) is 23.4. The summed E-state index contributed by atoms with van der Waals surface area (Å²) in [6, 6.07) is 7.45. The van der Waals surface area contributed by atoms with Gasteiger partial charge in [0.25, 0.3) is 5.91 Å². The third kappa shape index (κ3) is 5.31. The molecule has 0 bridgehead atoms. The largest absolute Gasteiger partial charge is 0.493 e. The van der Waals surface area contributed by atoms with Crippen molar-refractivity contribution in [3.63, 3.8) is 0 Å². The zero-order chi connectivity index (χ0) is 23.2. The highest BCUT2D eigenvalue weighted by Gasteiger charge is 2.18. The number of nitrogens with one attached hydrogen (secondary N) is 1. The first-order chi connectivity index (χ1) is 16.1. The number of hydrogen-bond donors (Lipinski definition) is 2. The van der Waals surface area contributed by atoms with Gasteiger partial charge in [-0.1, -0.05) is 6.42 Å². The van der Waals surface area contributed by atoms with Crippen molar-refractivity contribution in [3.8, 4) is 28.7 Å². The predicted molar refractivity (Wildman–Crippen MR) is 125 cm³/mol. The van der Waals surface area contributed by atoms with Crippen LogP contribution in [0.1, 0.15) is 43.0 Å². The van der Waals surface area contributed by atoms with Gasteiger partial charge in [-0.05, 0) is 56.5 Å². The van der Waals surface area contributed by atoms with Gasteiger partial charge in [0, 0.05) is 37.6 Å². The van der Waals surface area contributed by atoms with Crippen LogP contribution in [0.15, 0.2) is 42.9 Å². The van der Waals surface area contributed by atoms with Crippen LogP contribution in [-0.2, 0) is 0 Å². The van der Waals surface area contributed by atoms with E-state index in [1.807, 2.05) is 0 Å². The second kappa shape index (κ2) is 10.4. The molecule has 3 aromatic rings. The average Bonchev–Trinajstić information content (AvgIpc) is 3.24. The van der Waals surface area contributed by atoms with Crippen LogP contribution in [0.3, 0.4) is 0 Å². The summed E-state index contributed by atoms with van der Waals surface area (Å²) in [6.07, 6.45) is 9.40. The van der Waals surface area contributed by atoms with E-state index in [-0.39, 0.29) is 11.8 Å². The molecule has 33 heavy (non-hydrogen) atoms. The van der Waals surface area contributed by atoms with E-state index in [2.05, 4.69) is 32.2 Å². The zero-order valence-corrected chi connectivity index (χ0v) is 19.1. The van der Waals surface area contributed by atoms with Crippen molar-refractivity contribution >= 4 is 5.91 Å². The summed E-state index contributed by atoms with van der Waals surface area (Å²) in [5, 5.41) is 17.9. The molecule has 3 aromatic heterocycles. The van der Waals surface area contributed by atoms with E-state index in [0.29, 0.717) is 35.4 Å². The first kappa shape index (κ1) is 22.7. The van der Waals surface area contributed by atoms with Crippen LogP contribution in [0.25, 0.3) is 16.9 Å². The van der Waals surface area contributed by atoms with Crippen LogP contribution >= 0.6 is 0 Å². The molecule has 4 rings (SSSR count). The Labute approximate surface area is 193 Å². The van der Waals surface area contributed by atoms with Gasteiger partial charge in [0.15, 0.2) is 5.82 Å². The third-order valence-corrected chi connectivity index (χ3v) is 6.07. The summed E-state index contributed by atoms with van der Waals surface area (Å²) < 4.78 is 6.46. The lowest BCUT2D eigenvalue weighted by Gasteiger charge is -2.33. The molecule has 1 unspecified atom stereocenters. The number of piperidine rings is 1. The highest BCUT2D eigenvalue weighted by atomic mass is 16.5. The molecule has 9 heteroatoms. The Balaban J connectivity index is 1.35. The molecule has 0 radical (unpaired) electrons. The van der Waals surface area contributed by atoms with Gasteiger partial charge in [-0.2, -0.15) is 9.78 Å². The fourth-order valence-corrected chi connectivity index (χ4v) is 4.12. The summed E-state index contributed by atoms with van der Waals surface area (Å²) in [5.41, 5.74) is 1.72. The number of amides is 1. The lowest BCUT2D eigenvalue weighted by atomic mass is 10.0. The van der Waals surface area contributed by atoms with Crippen LogP contribution in [0.2, 0.25) is 0 Å². The summed E-state index contributed by atoms with van der Waals surface area (Å²) in [5.74, 6) is 0.642. The number of nitrogens with zero attached hydrogens (tertiary/aromatic N) is 5. The molecule has 1 aliphatic rings. The Kier molecular flexibility index (Phi) is 7.19. The van der Waals surface area contributed by atoms with Gasteiger partial charge in [-0.3, -0.25) is 4.79 Å². The van der Waals surface area contributed by atoms with Gasteiger partial charge in [-0.15, -0.1) is 0 Å². The quantitative estimate of drug-likeness (QED) is 0.508. The number of carbonyl (C=O) groups is 1. The Morgan fingerprint density at radius 3 is 2.88 bits per heavy atom. The van der Waals surface area contributed by atoms with E-state index in [0.717, 1.165) is 25.1 Å². The number of aromatic nitrogens is 4. The van der Waals surface area contributed by atoms with Crippen LogP contribution in [0.4, 0.5) is 0 Å². The van der Waals surface area contributed by atoms with Crippen LogP contribution in [0.5, 0.6) is 11.8 Å². The molecule has 0 aliphatic carbocycles. The Bertz CT molecular complexity index is 1080. The number of rotatable bonds is 8. The molecular weight excluding hydrogens is 420 g/mol. The summed E-state index contributed by atoms with van der Waals surface area (Å²) >= 11 is 0. The second-order valence-electron chi connectivity index (χ2n) is 8.28. The molecule has 0 saturated carbocycles. The molecule has 0 spiro atoms. The second-order valence-corrected chi connectivity index (χ2v) is 8.28. The van der Waals surface area contributed by atoms with E-state index in [4.69, 9.17) is 4.74 Å². The lowest BCUT2D eigenvalue weighted by molar-refractivity contribution is 0.0948. The van der Waals surface area contributed by atoms with Gasteiger partial charge >= 0.3 is 0 Å². The van der Waals surface area contributed by atoms with Gasteiger partial charge in [0.1, 0.15) is 0 Å². The minimum Gasteiger partial charge on any atom is -0.493 e. The van der Waals surface area contributed by atoms with Crippen LogP contribution < -0.4 is 10.1 Å². The topological polar surface area (TPSA) is 105 Å². The number of aromatic hydroxyl groups is 1. The summed E-state index contributed by atoms with van der Waals surface area (Å²) in [6.45, 7) is 5.06. The number of ether oxygens (including phenoxy) is 1. The van der Waals surface area contributed by atoms with E-state index < -0.39 is 0 Å². The number of carbonyl (C=O) groups excluding carboxylic acids is 1. The van der Waals surface area contributed by atoms with Crippen molar-refractivity contribution in [2.24, 2.45) is 0 Å². The van der Waals surface area contributed by atoms with E-state index in [1.54, 1.807) is 36.7 Å². The average molecular weight is 451 g/mol. The first-order valence-electron chi connectivity index (χ1n) is 11.3. The third-order valence-electron chi connectivity index (χ3n) is 6.07. The molecule has 4 heterocycles. The lowest BCUT2D eigenvalue weighted by Crippen LogP contribution is -2.39. The number of likely N-dealkylation sites (tertiary alicyclic amines) is 1. The predicted octanol–water partition coefficient (Wildman–Crippen LogP) is 3.04. The van der Waals surface area contributed by atoms with Crippen molar-refractivity contribution in [1.29, 1.82) is 0 Å². The maximum absolute atomic E-state index is 12.5. The van der Waals surface area contributed by atoms with Crippen molar-refractivity contribution in [2.75, 3.05) is 26.7 Å². The molecule has 1 atom stereocenters. The van der Waals surface area contributed by atoms with Gasteiger partial charge in [0.05, 0.1) is 24.4 Å². The normalized spacial score (nSPS) is 16.5. The smallest absolute Gasteiger partial charge is 0.252 e. The molecular formula is C24H30N6O3. The van der Waals surface area contributed by atoms with E-state index >= 15 is 0 Å². The molecule has 1 fully saturated rings. The maximum atomic E-state index is 12.5. The molecule has 1 saturated heterocycles. The van der Waals surface area contributed by atoms with Crippen LogP contribution in [0, 0.1) is 0 Å². The van der Waals surface area contributed by atoms with Crippen molar-refractivity contribution < 1.29 is 14.6 Å². The molecule has 174 valence electrons. The van der Waals surface area contributed by atoms with Crippen LogP contribution in [-0.4, -0.2) is 68.4 Å². The maximum Gasteiger partial charge on any atom is 0.252 e. The Hall–Kier alpha value is -3.46. The Morgan fingerprint density at radius 1 is 1.24 bits per heavy atom. The highest BCUT2D eigenvalue weighted by molar-refractivity contribution is 5.93. The molecule has 0 aromatic carbocycles. The SMILES string of the molecule is COc1cc(-c2cnn(-c3ccc(C(=O)NCCCN4CCCCC4C)cn3)c2O)ccn1. The van der Waals surface area contributed by atoms with E-state index in [1.165, 1.54) is 37.3 Å².